The van der Waals surface area contributed by atoms with Gasteiger partial charge < -0.3 is 13.9 Å². The van der Waals surface area contributed by atoms with Gasteiger partial charge in [-0.25, -0.2) is 4.98 Å². The average Bonchev–Trinajstić information content (AvgIpc) is 3.10. The molecule has 26 heavy (non-hydrogen) atoms. The fourth-order valence-electron chi connectivity index (χ4n) is 3.95. The normalized spacial score (nSPS) is 25.2. The van der Waals surface area contributed by atoms with Gasteiger partial charge in [-0.2, -0.15) is 0 Å². The zero-order valence-electron chi connectivity index (χ0n) is 15.3. The van der Waals surface area contributed by atoms with E-state index in [0.717, 1.165) is 43.0 Å². The van der Waals surface area contributed by atoms with Gasteiger partial charge in [0.2, 0.25) is 0 Å². The first kappa shape index (κ1) is 18.6. The van der Waals surface area contributed by atoms with Crippen LogP contribution in [0, 0.1) is 11.8 Å². The molecule has 0 amide bonds. The number of aryl methyl sites for hydroxylation is 1. The molecule has 2 aliphatic rings. The van der Waals surface area contributed by atoms with Gasteiger partial charge >= 0.3 is 11.9 Å². The zero-order chi connectivity index (χ0) is 18.7. The summed E-state index contributed by atoms with van der Waals surface area (Å²) in [6.07, 6.45) is 4.95. The summed E-state index contributed by atoms with van der Waals surface area (Å²) in [6.45, 7) is 0. The van der Waals surface area contributed by atoms with Gasteiger partial charge in [-0.1, -0.05) is 0 Å². The molecule has 0 N–H and O–H groups in total. The lowest BCUT2D eigenvalue weighted by Crippen LogP contribution is -2.24. The Morgan fingerprint density at radius 1 is 1.04 bits per heavy atom. The molecule has 2 aliphatic carbocycles. The van der Waals surface area contributed by atoms with Gasteiger partial charge in [0.05, 0.1) is 25.8 Å². The minimum absolute atomic E-state index is 0.0267. The Balaban J connectivity index is 1.60. The van der Waals surface area contributed by atoms with Crippen molar-refractivity contribution in [2.45, 2.75) is 57.3 Å². The number of Topliss-reactive ketones (excluding diaryl/α,β-unsaturated/α-hetero) is 1. The smallest absolute Gasteiger partial charge is 0.313 e. The number of ether oxygens (including phenoxy) is 2. The second kappa shape index (κ2) is 8.01. The lowest BCUT2D eigenvalue weighted by atomic mass is 9.82. The number of methoxy groups -OCH3 is 2. The largest absolute Gasteiger partial charge is 0.469 e. The van der Waals surface area contributed by atoms with Crippen molar-refractivity contribution in [3.05, 3.63) is 17.3 Å². The summed E-state index contributed by atoms with van der Waals surface area (Å²) < 4.78 is 15.4. The molecule has 0 saturated heterocycles. The minimum Gasteiger partial charge on any atom is -0.469 e. The predicted molar refractivity (Wildman–Crippen MR) is 90.4 cm³/mol. The van der Waals surface area contributed by atoms with Crippen molar-refractivity contribution in [2.75, 3.05) is 14.2 Å². The van der Waals surface area contributed by atoms with E-state index in [0.29, 0.717) is 19.3 Å². The molecule has 0 spiro atoms. The van der Waals surface area contributed by atoms with Crippen LogP contribution in [0.2, 0.25) is 0 Å². The quantitative estimate of drug-likeness (QED) is 0.585. The first-order valence-electron chi connectivity index (χ1n) is 9.17. The van der Waals surface area contributed by atoms with Gasteiger partial charge in [0.15, 0.2) is 5.89 Å². The second-order valence-corrected chi connectivity index (χ2v) is 7.15. The third-order valence-corrected chi connectivity index (χ3v) is 5.57. The highest BCUT2D eigenvalue weighted by atomic mass is 16.5. The Morgan fingerprint density at radius 2 is 1.77 bits per heavy atom. The number of oxazole rings is 1. The number of hydrogen-bond donors (Lipinski definition) is 0. The predicted octanol–water partition coefficient (Wildman–Crippen LogP) is 2.36. The van der Waals surface area contributed by atoms with E-state index in [2.05, 4.69) is 9.72 Å². The third-order valence-electron chi connectivity index (χ3n) is 5.57. The summed E-state index contributed by atoms with van der Waals surface area (Å²) in [5, 5.41) is 0. The summed E-state index contributed by atoms with van der Waals surface area (Å²) in [5.74, 6) is 0.732. The van der Waals surface area contributed by atoms with Gasteiger partial charge in [0.25, 0.3) is 0 Å². The maximum atomic E-state index is 12.2. The van der Waals surface area contributed by atoms with Crippen LogP contribution in [-0.4, -0.2) is 36.9 Å². The van der Waals surface area contributed by atoms with Crippen molar-refractivity contribution in [1.82, 2.24) is 4.98 Å². The number of nitrogens with zero attached hydrogens (tertiary/aromatic N) is 1. The molecule has 1 heterocycles. The summed E-state index contributed by atoms with van der Waals surface area (Å²) in [4.78, 5) is 39.8. The molecular formula is C19H25NO6. The highest BCUT2D eigenvalue weighted by molar-refractivity contribution is 5.96. The van der Waals surface area contributed by atoms with E-state index in [1.165, 1.54) is 14.2 Å². The summed E-state index contributed by atoms with van der Waals surface area (Å²) in [7, 11) is 2.71. The molecule has 1 unspecified atom stereocenters. The first-order valence-corrected chi connectivity index (χ1v) is 9.17. The molecule has 1 fully saturated rings. The molecule has 142 valence electrons. The average molecular weight is 363 g/mol. The van der Waals surface area contributed by atoms with Crippen LogP contribution in [0.15, 0.2) is 4.42 Å². The number of aromatic nitrogens is 1. The number of carbonyl (C=O) groups excluding carboxylic acids is 3. The molecule has 0 aliphatic heterocycles. The number of fused-ring (bicyclic) bond motifs is 1. The Morgan fingerprint density at radius 3 is 2.42 bits per heavy atom. The van der Waals surface area contributed by atoms with Crippen molar-refractivity contribution in [3.8, 4) is 0 Å². The van der Waals surface area contributed by atoms with Gasteiger partial charge in [-0.15, -0.1) is 0 Å². The van der Waals surface area contributed by atoms with Gasteiger partial charge in [-0.05, 0) is 38.5 Å². The van der Waals surface area contributed by atoms with Crippen LogP contribution in [0.4, 0.5) is 0 Å². The fourth-order valence-corrected chi connectivity index (χ4v) is 3.95. The summed E-state index contributed by atoms with van der Waals surface area (Å²) >= 11 is 0. The molecule has 7 nitrogen and oxygen atoms in total. The van der Waals surface area contributed by atoms with Gasteiger partial charge in [0, 0.05) is 18.3 Å². The van der Waals surface area contributed by atoms with Crippen molar-refractivity contribution in [1.29, 1.82) is 0 Å². The standard InChI is InChI=1S/C19H25NO6/c1-24-17(22)10-15(21)13-7-8-14-16(9-13)26-18(20-14)11-3-5-12(6-4-11)19(23)25-2/h11-13H,3-10H2,1-2H3/t11-,12-,13?. The zero-order valence-corrected chi connectivity index (χ0v) is 15.3. The lowest BCUT2D eigenvalue weighted by Gasteiger charge is -2.24. The maximum absolute atomic E-state index is 12.2. The molecule has 0 bridgehead atoms. The highest BCUT2D eigenvalue weighted by Crippen LogP contribution is 2.38. The first-order chi connectivity index (χ1) is 12.5. The van der Waals surface area contributed by atoms with Crippen LogP contribution in [-0.2, 0) is 36.7 Å². The molecule has 0 aromatic carbocycles. The lowest BCUT2D eigenvalue weighted by molar-refractivity contribution is -0.147. The number of esters is 2. The molecule has 3 rings (SSSR count). The Bertz CT molecular complexity index is 686. The van der Waals surface area contributed by atoms with Crippen LogP contribution in [0.25, 0.3) is 0 Å². The van der Waals surface area contributed by atoms with Gasteiger partial charge in [-0.3, -0.25) is 14.4 Å². The van der Waals surface area contributed by atoms with Crippen LogP contribution >= 0.6 is 0 Å². The van der Waals surface area contributed by atoms with Crippen LogP contribution in [0.1, 0.15) is 61.8 Å². The molecule has 1 aromatic rings. The molecule has 7 heteroatoms. The summed E-state index contributed by atoms with van der Waals surface area (Å²) in [5.41, 5.74) is 0.928. The van der Waals surface area contributed by atoms with Gasteiger partial charge in [0.1, 0.15) is 18.0 Å². The van der Waals surface area contributed by atoms with E-state index >= 15 is 0 Å². The molecular weight excluding hydrogens is 338 g/mol. The van der Waals surface area contributed by atoms with E-state index in [4.69, 9.17) is 9.15 Å². The van der Waals surface area contributed by atoms with Crippen molar-refractivity contribution in [3.63, 3.8) is 0 Å². The van der Waals surface area contributed by atoms with Crippen LogP contribution in [0.3, 0.4) is 0 Å². The van der Waals surface area contributed by atoms with E-state index < -0.39 is 5.97 Å². The van der Waals surface area contributed by atoms with Crippen LogP contribution < -0.4 is 0 Å². The molecule has 1 aromatic heterocycles. The fraction of sp³-hybridized carbons (Fsp3) is 0.684. The van der Waals surface area contributed by atoms with Crippen molar-refractivity contribution >= 4 is 17.7 Å². The van der Waals surface area contributed by atoms with E-state index in [1.807, 2.05) is 0 Å². The summed E-state index contributed by atoms with van der Waals surface area (Å²) in [6, 6.07) is 0. The Labute approximate surface area is 152 Å². The monoisotopic (exact) mass is 363 g/mol. The Hall–Kier alpha value is -2.18. The number of rotatable bonds is 5. The number of hydrogen-bond acceptors (Lipinski definition) is 7. The topological polar surface area (TPSA) is 95.7 Å². The van der Waals surface area contributed by atoms with Crippen molar-refractivity contribution < 1.29 is 28.3 Å². The molecule has 1 saturated carbocycles. The third kappa shape index (κ3) is 3.97. The van der Waals surface area contributed by atoms with Crippen LogP contribution in [0.5, 0.6) is 0 Å². The highest BCUT2D eigenvalue weighted by Gasteiger charge is 2.33. The maximum Gasteiger partial charge on any atom is 0.313 e. The Kier molecular flexibility index (Phi) is 5.74. The minimum atomic E-state index is -0.499. The van der Waals surface area contributed by atoms with E-state index in [-0.39, 0.29) is 35.9 Å². The second-order valence-electron chi connectivity index (χ2n) is 7.15. The van der Waals surface area contributed by atoms with E-state index in [9.17, 15) is 14.4 Å². The molecule has 1 atom stereocenters. The number of ketones is 1. The van der Waals surface area contributed by atoms with Crippen molar-refractivity contribution in [2.24, 2.45) is 11.8 Å². The SMILES string of the molecule is COC(=O)CC(=O)C1CCc2nc([C@H]3CC[C@H](C(=O)OC)CC3)oc2C1. The van der Waals surface area contributed by atoms with E-state index in [1.54, 1.807) is 0 Å². The molecule has 0 radical (unpaired) electrons. The number of carbonyl (C=O) groups is 3.